The maximum absolute atomic E-state index is 12.2. The Bertz CT molecular complexity index is 758. The molecule has 2 aromatic rings. The van der Waals surface area contributed by atoms with E-state index in [-0.39, 0.29) is 5.91 Å². The Morgan fingerprint density at radius 3 is 2.88 bits per heavy atom. The predicted molar refractivity (Wildman–Crippen MR) is 99.7 cm³/mol. The molecule has 0 aliphatic rings. The van der Waals surface area contributed by atoms with Crippen molar-refractivity contribution in [1.82, 2.24) is 10.4 Å². The van der Waals surface area contributed by atoms with Crippen LogP contribution in [0.15, 0.2) is 23.3 Å². The van der Waals surface area contributed by atoms with Crippen LogP contribution in [0.3, 0.4) is 0 Å². The second kappa shape index (κ2) is 9.03. The molecule has 134 valence electrons. The molecule has 3 N–H and O–H groups in total. The minimum atomic E-state index is -0.322. The molecule has 0 saturated heterocycles. The number of aromatic nitrogens is 1. The summed E-state index contributed by atoms with van der Waals surface area (Å²) in [6.07, 6.45) is 3.09. The van der Waals surface area contributed by atoms with Gasteiger partial charge >= 0.3 is 0 Å². The molecule has 25 heavy (non-hydrogen) atoms. The molecule has 2 rings (SSSR count). The summed E-state index contributed by atoms with van der Waals surface area (Å²) in [6, 6.07) is 5.45. The van der Waals surface area contributed by atoms with Gasteiger partial charge in [-0.2, -0.15) is 5.10 Å². The summed E-state index contributed by atoms with van der Waals surface area (Å²) in [5, 5.41) is 4.36. The van der Waals surface area contributed by atoms with E-state index in [1.165, 1.54) is 0 Å². The number of rotatable bonds is 8. The molecule has 1 aromatic heterocycles. The second-order valence-electron chi connectivity index (χ2n) is 5.14. The van der Waals surface area contributed by atoms with Crippen LogP contribution in [0.5, 0.6) is 11.5 Å². The van der Waals surface area contributed by atoms with E-state index in [2.05, 4.69) is 15.5 Å². The molecule has 1 heterocycles. The van der Waals surface area contributed by atoms with Gasteiger partial charge in [0.1, 0.15) is 4.88 Å². The lowest BCUT2D eigenvalue weighted by molar-refractivity contribution is 0.0958. The van der Waals surface area contributed by atoms with E-state index in [1.54, 1.807) is 19.4 Å². The molecule has 7 nitrogen and oxygen atoms in total. The molecular formula is C17H22N4O3S. The van der Waals surface area contributed by atoms with Crippen molar-refractivity contribution in [2.24, 2.45) is 5.10 Å². The largest absolute Gasteiger partial charge is 0.493 e. The molecule has 0 radical (unpaired) electrons. The average molecular weight is 362 g/mol. The molecular weight excluding hydrogens is 340 g/mol. The first kappa shape index (κ1) is 18.7. The first-order valence-corrected chi connectivity index (χ1v) is 8.80. The van der Waals surface area contributed by atoms with Crippen LogP contribution in [-0.2, 0) is 6.42 Å². The first-order valence-electron chi connectivity index (χ1n) is 7.98. The lowest BCUT2D eigenvalue weighted by Gasteiger charge is -2.10. The number of carbonyl (C=O) groups is 1. The average Bonchev–Trinajstić information content (AvgIpc) is 3.01. The molecule has 0 atom stereocenters. The van der Waals surface area contributed by atoms with Gasteiger partial charge in [0.2, 0.25) is 0 Å². The van der Waals surface area contributed by atoms with Crippen molar-refractivity contribution in [3.63, 3.8) is 0 Å². The van der Waals surface area contributed by atoms with E-state index >= 15 is 0 Å². The fourth-order valence-corrected chi connectivity index (χ4v) is 2.91. The number of anilines is 1. The minimum absolute atomic E-state index is 0.322. The number of carbonyl (C=O) groups excluding carboxylic acids is 1. The molecule has 0 saturated carbocycles. The Hall–Kier alpha value is -2.61. The van der Waals surface area contributed by atoms with Crippen molar-refractivity contribution in [3.8, 4) is 11.5 Å². The number of aryl methyl sites for hydroxylation is 1. The van der Waals surface area contributed by atoms with Crippen LogP contribution in [0.25, 0.3) is 0 Å². The van der Waals surface area contributed by atoms with Crippen molar-refractivity contribution < 1.29 is 14.3 Å². The molecule has 0 fully saturated rings. The molecule has 8 heteroatoms. The zero-order valence-electron chi connectivity index (χ0n) is 14.5. The van der Waals surface area contributed by atoms with Crippen LogP contribution in [0.1, 0.15) is 41.2 Å². The first-order chi connectivity index (χ1) is 12.1. The van der Waals surface area contributed by atoms with Crippen LogP contribution in [0.4, 0.5) is 5.13 Å². The number of hydrazone groups is 1. The van der Waals surface area contributed by atoms with Gasteiger partial charge in [0.05, 0.1) is 25.6 Å². The highest BCUT2D eigenvalue weighted by Crippen LogP contribution is 2.27. The highest BCUT2D eigenvalue weighted by atomic mass is 32.1. The number of thiazole rings is 1. The molecule has 0 spiro atoms. The summed E-state index contributed by atoms with van der Waals surface area (Å²) in [7, 11) is 1.58. The van der Waals surface area contributed by atoms with Gasteiger partial charge in [-0.15, -0.1) is 0 Å². The summed E-state index contributed by atoms with van der Waals surface area (Å²) in [5.41, 5.74) is 9.61. The standard InChI is InChI=1S/C17H22N4O3S/c1-4-8-24-13-7-6-11(9-14(13)23-3)10-19-21-16(22)15-12(5-2)20-17(18)25-15/h6-7,9-10H,4-5,8H2,1-3H3,(H2,18,20)(H,21,22)/b19-10-. The van der Waals surface area contributed by atoms with Gasteiger partial charge in [0.15, 0.2) is 16.6 Å². The number of hydrogen-bond acceptors (Lipinski definition) is 7. The Morgan fingerprint density at radius 1 is 1.40 bits per heavy atom. The summed E-state index contributed by atoms with van der Waals surface area (Å²) < 4.78 is 10.9. The topological polar surface area (TPSA) is 98.8 Å². The van der Waals surface area contributed by atoms with E-state index in [9.17, 15) is 4.79 Å². The van der Waals surface area contributed by atoms with Crippen molar-refractivity contribution in [2.45, 2.75) is 26.7 Å². The van der Waals surface area contributed by atoms with Crippen LogP contribution < -0.4 is 20.6 Å². The molecule has 0 bridgehead atoms. The van der Waals surface area contributed by atoms with Gasteiger partial charge in [-0.05, 0) is 36.6 Å². The van der Waals surface area contributed by atoms with Gasteiger partial charge in [0, 0.05) is 0 Å². The fourth-order valence-electron chi connectivity index (χ4n) is 2.10. The third kappa shape index (κ3) is 4.93. The number of methoxy groups -OCH3 is 1. The Morgan fingerprint density at radius 2 is 2.20 bits per heavy atom. The predicted octanol–water partition coefficient (Wildman–Crippen LogP) is 2.85. The van der Waals surface area contributed by atoms with Crippen molar-refractivity contribution >= 4 is 28.6 Å². The number of ether oxygens (including phenoxy) is 2. The summed E-state index contributed by atoms with van der Waals surface area (Å²) >= 11 is 1.15. The number of nitrogen functional groups attached to an aromatic ring is 1. The maximum Gasteiger partial charge on any atom is 0.283 e. The summed E-state index contributed by atoms with van der Waals surface area (Å²) in [4.78, 5) is 16.8. The van der Waals surface area contributed by atoms with Gasteiger partial charge < -0.3 is 15.2 Å². The van der Waals surface area contributed by atoms with Crippen LogP contribution in [-0.4, -0.2) is 30.8 Å². The smallest absolute Gasteiger partial charge is 0.283 e. The lowest BCUT2D eigenvalue weighted by atomic mass is 10.2. The van der Waals surface area contributed by atoms with Crippen LogP contribution in [0.2, 0.25) is 0 Å². The van der Waals surface area contributed by atoms with Gasteiger partial charge in [-0.25, -0.2) is 10.4 Å². The number of nitrogens with one attached hydrogen (secondary N) is 1. The van der Waals surface area contributed by atoms with Gasteiger partial charge in [0.25, 0.3) is 5.91 Å². The highest BCUT2D eigenvalue weighted by molar-refractivity contribution is 7.17. The minimum Gasteiger partial charge on any atom is -0.493 e. The van der Waals surface area contributed by atoms with Crippen molar-refractivity contribution in [3.05, 3.63) is 34.3 Å². The van der Waals surface area contributed by atoms with Gasteiger partial charge in [-0.3, -0.25) is 4.79 Å². The third-order valence-electron chi connectivity index (χ3n) is 3.28. The van der Waals surface area contributed by atoms with Crippen molar-refractivity contribution in [2.75, 3.05) is 19.5 Å². The highest BCUT2D eigenvalue weighted by Gasteiger charge is 2.15. The molecule has 0 aliphatic carbocycles. The third-order valence-corrected chi connectivity index (χ3v) is 4.21. The number of hydrogen-bond donors (Lipinski definition) is 2. The molecule has 1 amide bonds. The summed E-state index contributed by atoms with van der Waals surface area (Å²) in [5.74, 6) is 0.975. The van der Waals surface area contributed by atoms with Crippen LogP contribution in [0, 0.1) is 0 Å². The number of benzene rings is 1. The zero-order valence-corrected chi connectivity index (χ0v) is 15.4. The van der Waals surface area contributed by atoms with E-state index in [1.807, 2.05) is 26.0 Å². The number of amides is 1. The van der Waals surface area contributed by atoms with E-state index in [4.69, 9.17) is 15.2 Å². The number of nitrogens with two attached hydrogens (primary N) is 1. The van der Waals surface area contributed by atoms with Crippen LogP contribution >= 0.6 is 11.3 Å². The molecule has 0 aliphatic heterocycles. The zero-order chi connectivity index (χ0) is 18.2. The lowest BCUT2D eigenvalue weighted by Crippen LogP contribution is -2.17. The SMILES string of the molecule is CCCOc1ccc(/C=N\NC(=O)c2sc(N)nc2CC)cc1OC. The number of nitrogens with zero attached hydrogens (tertiary/aromatic N) is 2. The summed E-state index contributed by atoms with van der Waals surface area (Å²) in [6.45, 7) is 4.58. The second-order valence-corrected chi connectivity index (χ2v) is 6.17. The maximum atomic E-state index is 12.2. The Balaban J connectivity index is 2.05. The molecule has 1 aromatic carbocycles. The van der Waals surface area contributed by atoms with E-state index < -0.39 is 0 Å². The Labute approximate surface area is 150 Å². The quantitative estimate of drug-likeness (QED) is 0.556. The van der Waals surface area contributed by atoms with E-state index in [0.717, 1.165) is 23.3 Å². The van der Waals surface area contributed by atoms with E-state index in [0.29, 0.717) is 40.2 Å². The molecule has 0 unspecified atom stereocenters. The Kier molecular flexibility index (Phi) is 6.76. The monoisotopic (exact) mass is 362 g/mol. The fraction of sp³-hybridized carbons (Fsp3) is 0.353. The normalized spacial score (nSPS) is 10.8. The van der Waals surface area contributed by atoms with Crippen molar-refractivity contribution in [1.29, 1.82) is 0 Å². The van der Waals surface area contributed by atoms with Gasteiger partial charge in [-0.1, -0.05) is 25.2 Å².